The number of rotatable bonds is 5. The molecule has 0 amide bonds. The van der Waals surface area contributed by atoms with Gasteiger partial charge in [-0.1, -0.05) is 18.2 Å². The molecule has 0 bridgehead atoms. The fraction of sp³-hybridized carbons (Fsp3) is 0.273. The largest absolute Gasteiger partial charge is 0.374 e. The summed E-state index contributed by atoms with van der Waals surface area (Å²) in [5, 5.41) is 12.3. The second kappa shape index (κ2) is 5.47. The van der Waals surface area contributed by atoms with Crippen molar-refractivity contribution in [3.05, 3.63) is 36.2 Å². The summed E-state index contributed by atoms with van der Waals surface area (Å²) in [4.78, 5) is 0. The van der Waals surface area contributed by atoms with Crippen LogP contribution in [-0.2, 0) is 21.4 Å². The summed E-state index contributed by atoms with van der Waals surface area (Å²) in [6.45, 7) is 2.49. The molecule has 102 valence electrons. The monoisotopic (exact) mass is 282 g/mol. The summed E-state index contributed by atoms with van der Waals surface area (Å²) in [5.41, 5.74) is 0.617. The van der Waals surface area contributed by atoms with Crippen molar-refractivity contribution in [1.82, 2.24) is 14.8 Å². The summed E-state index contributed by atoms with van der Waals surface area (Å²) in [7, 11) is -3.95. The molecular weight excluding hydrogens is 268 g/mol. The minimum absolute atomic E-state index is 0.161. The lowest BCUT2D eigenvalue weighted by Gasteiger charge is -2.08. The maximum atomic E-state index is 11.5. The highest BCUT2D eigenvalue weighted by Gasteiger charge is 2.22. The number of primary sulfonamides is 1. The number of hydrogen-bond acceptors (Lipinski definition) is 5. The molecule has 8 heteroatoms. The van der Waals surface area contributed by atoms with Gasteiger partial charge in [-0.25, -0.2) is 13.6 Å². The van der Waals surface area contributed by atoms with Gasteiger partial charge in [0.25, 0.3) is 15.2 Å². The molecule has 0 unspecified atom stereocenters. The van der Waals surface area contributed by atoms with Gasteiger partial charge in [0, 0.05) is 12.3 Å². The first-order valence-electron chi connectivity index (χ1n) is 5.64. The van der Waals surface area contributed by atoms with E-state index in [0.717, 1.165) is 0 Å². The lowest BCUT2D eigenvalue weighted by atomic mass is 10.3. The molecule has 0 aliphatic rings. The van der Waals surface area contributed by atoms with E-state index < -0.39 is 10.0 Å². The number of nitrogens with two attached hydrogens (primary N) is 1. The van der Waals surface area contributed by atoms with Gasteiger partial charge in [0.15, 0.2) is 5.82 Å². The maximum absolute atomic E-state index is 11.5. The van der Waals surface area contributed by atoms with Crippen LogP contribution in [-0.4, -0.2) is 29.8 Å². The van der Waals surface area contributed by atoms with Crippen molar-refractivity contribution in [2.75, 3.05) is 6.61 Å². The van der Waals surface area contributed by atoms with Crippen LogP contribution < -0.4 is 5.14 Å². The average molecular weight is 282 g/mol. The Morgan fingerprint density at radius 1 is 1.26 bits per heavy atom. The SMILES string of the molecule is CCOCc1nnc(S(N)(=O)=O)n1-c1ccccc1. The highest BCUT2D eigenvalue weighted by atomic mass is 32.2. The standard InChI is InChI=1S/C11H14N4O3S/c1-2-18-8-10-13-14-11(19(12,16)17)15(10)9-6-4-3-5-7-9/h3-7H,2,8H2,1H3,(H2,12,16,17). The van der Waals surface area contributed by atoms with Crippen LogP contribution in [0.2, 0.25) is 0 Å². The number of ether oxygens (including phenoxy) is 1. The summed E-state index contributed by atoms with van der Waals surface area (Å²) in [6.07, 6.45) is 0. The van der Waals surface area contributed by atoms with E-state index >= 15 is 0 Å². The fourth-order valence-corrected chi connectivity index (χ4v) is 2.23. The van der Waals surface area contributed by atoms with Gasteiger partial charge in [-0.15, -0.1) is 10.2 Å². The average Bonchev–Trinajstić information content (AvgIpc) is 2.81. The molecule has 2 rings (SSSR count). The summed E-state index contributed by atoms with van der Waals surface area (Å²) in [6, 6.07) is 8.88. The highest BCUT2D eigenvalue weighted by molar-refractivity contribution is 7.89. The van der Waals surface area contributed by atoms with Crippen molar-refractivity contribution < 1.29 is 13.2 Å². The smallest absolute Gasteiger partial charge is 0.274 e. The van der Waals surface area contributed by atoms with E-state index in [2.05, 4.69) is 10.2 Å². The van der Waals surface area contributed by atoms with E-state index in [0.29, 0.717) is 18.1 Å². The number of benzene rings is 1. The Morgan fingerprint density at radius 3 is 2.53 bits per heavy atom. The van der Waals surface area contributed by atoms with Gasteiger partial charge >= 0.3 is 0 Å². The molecule has 2 N–H and O–H groups in total. The predicted molar refractivity (Wildman–Crippen MR) is 68.1 cm³/mol. The number of hydrogen-bond donors (Lipinski definition) is 1. The van der Waals surface area contributed by atoms with Crippen LogP contribution >= 0.6 is 0 Å². The van der Waals surface area contributed by atoms with Crippen LogP contribution in [0.1, 0.15) is 12.7 Å². The van der Waals surface area contributed by atoms with Gasteiger partial charge in [-0.2, -0.15) is 0 Å². The third-order valence-corrected chi connectivity index (χ3v) is 3.18. The van der Waals surface area contributed by atoms with Crippen LogP contribution in [0.5, 0.6) is 0 Å². The van der Waals surface area contributed by atoms with E-state index in [1.807, 2.05) is 13.0 Å². The third-order valence-electron chi connectivity index (χ3n) is 2.40. The summed E-state index contributed by atoms with van der Waals surface area (Å²) < 4.78 is 29.7. The van der Waals surface area contributed by atoms with Crippen molar-refractivity contribution in [3.8, 4) is 5.69 Å². The molecule has 0 aliphatic heterocycles. The molecule has 0 spiro atoms. The molecule has 1 aromatic carbocycles. The van der Waals surface area contributed by atoms with Gasteiger partial charge in [-0.3, -0.25) is 4.57 Å². The number of aromatic nitrogens is 3. The van der Waals surface area contributed by atoms with E-state index in [1.54, 1.807) is 24.3 Å². The molecule has 0 radical (unpaired) electrons. The molecule has 1 heterocycles. The molecule has 0 aliphatic carbocycles. The lowest BCUT2D eigenvalue weighted by Crippen LogP contribution is -2.18. The van der Waals surface area contributed by atoms with Gasteiger partial charge in [0.2, 0.25) is 0 Å². The minimum Gasteiger partial charge on any atom is -0.374 e. The predicted octanol–water partition coefficient (Wildman–Crippen LogP) is 0.451. The molecule has 0 saturated heterocycles. The fourth-order valence-electron chi connectivity index (χ4n) is 1.61. The van der Waals surface area contributed by atoms with Crippen LogP contribution in [0.25, 0.3) is 5.69 Å². The van der Waals surface area contributed by atoms with Crippen LogP contribution in [0, 0.1) is 0 Å². The van der Waals surface area contributed by atoms with Gasteiger partial charge in [-0.05, 0) is 19.1 Å². The molecule has 2 aromatic rings. The highest BCUT2D eigenvalue weighted by Crippen LogP contribution is 2.16. The zero-order chi connectivity index (χ0) is 13.9. The Morgan fingerprint density at radius 2 is 1.95 bits per heavy atom. The Bertz CT molecular complexity index is 652. The normalized spacial score (nSPS) is 11.7. The Labute approximate surface area is 111 Å². The number of nitrogens with zero attached hydrogens (tertiary/aromatic N) is 3. The number of para-hydroxylation sites is 1. The Hall–Kier alpha value is -1.77. The molecular formula is C11H14N4O3S. The van der Waals surface area contributed by atoms with E-state index in [4.69, 9.17) is 9.88 Å². The van der Waals surface area contributed by atoms with Gasteiger partial charge in [0.1, 0.15) is 6.61 Å². The van der Waals surface area contributed by atoms with Crippen molar-refractivity contribution in [1.29, 1.82) is 0 Å². The topological polar surface area (TPSA) is 100 Å². The van der Waals surface area contributed by atoms with Crippen LogP contribution in [0.15, 0.2) is 35.5 Å². The molecule has 7 nitrogen and oxygen atoms in total. The van der Waals surface area contributed by atoms with Gasteiger partial charge in [0.05, 0.1) is 0 Å². The quantitative estimate of drug-likeness (QED) is 0.858. The van der Waals surface area contributed by atoms with Crippen molar-refractivity contribution in [2.24, 2.45) is 5.14 Å². The molecule has 19 heavy (non-hydrogen) atoms. The first kappa shape index (κ1) is 13.7. The van der Waals surface area contributed by atoms with Crippen LogP contribution in [0.4, 0.5) is 0 Å². The van der Waals surface area contributed by atoms with Crippen molar-refractivity contribution in [3.63, 3.8) is 0 Å². The molecule has 0 saturated carbocycles. The molecule has 0 atom stereocenters. The van der Waals surface area contributed by atoms with E-state index in [1.165, 1.54) is 4.57 Å². The first-order valence-corrected chi connectivity index (χ1v) is 7.19. The van der Waals surface area contributed by atoms with E-state index in [-0.39, 0.29) is 11.8 Å². The van der Waals surface area contributed by atoms with Crippen molar-refractivity contribution >= 4 is 10.0 Å². The maximum Gasteiger partial charge on any atom is 0.274 e. The van der Waals surface area contributed by atoms with Crippen LogP contribution in [0.3, 0.4) is 0 Å². The Balaban J connectivity index is 2.57. The minimum atomic E-state index is -3.95. The zero-order valence-electron chi connectivity index (χ0n) is 10.4. The molecule has 0 fully saturated rings. The first-order chi connectivity index (χ1) is 9.04. The Kier molecular flexibility index (Phi) is 3.93. The molecule has 1 aromatic heterocycles. The summed E-state index contributed by atoms with van der Waals surface area (Å²) >= 11 is 0. The third kappa shape index (κ3) is 2.98. The zero-order valence-corrected chi connectivity index (χ0v) is 11.2. The second-order valence-corrected chi connectivity index (χ2v) is 5.21. The van der Waals surface area contributed by atoms with E-state index in [9.17, 15) is 8.42 Å². The lowest BCUT2D eigenvalue weighted by molar-refractivity contribution is 0.127. The van der Waals surface area contributed by atoms with Crippen molar-refractivity contribution in [2.45, 2.75) is 18.7 Å². The van der Waals surface area contributed by atoms with Gasteiger partial charge < -0.3 is 4.74 Å². The second-order valence-electron chi connectivity index (χ2n) is 3.75. The summed E-state index contributed by atoms with van der Waals surface area (Å²) in [5.74, 6) is 0.386. The number of sulfonamides is 1.